The van der Waals surface area contributed by atoms with Crippen molar-refractivity contribution in [2.24, 2.45) is 5.92 Å². The quantitative estimate of drug-likeness (QED) is 0.554. The van der Waals surface area contributed by atoms with Crippen LogP contribution in [0, 0.1) is 5.92 Å². The number of rotatable bonds is 4. The third kappa shape index (κ3) is 3.32. The minimum Gasteiger partial charge on any atom is -0.396 e. The second-order valence-corrected chi connectivity index (χ2v) is 3.68. The highest BCUT2D eigenvalue weighted by Gasteiger charge is 2.21. The Bertz CT molecular complexity index is 167. The molecule has 1 fully saturated rings. The van der Waals surface area contributed by atoms with Gasteiger partial charge in [0.1, 0.15) is 0 Å². The SMILES string of the molecule is CC(CO)CNC(=O)[C@@H]1CCCN1. The molecule has 0 bridgehead atoms. The Morgan fingerprint density at radius 3 is 3.08 bits per heavy atom. The summed E-state index contributed by atoms with van der Waals surface area (Å²) in [5, 5.41) is 14.7. The van der Waals surface area contributed by atoms with E-state index in [1.807, 2.05) is 6.92 Å². The van der Waals surface area contributed by atoms with E-state index in [9.17, 15) is 4.79 Å². The number of amides is 1. The van der Waals surface area contributed by atoms with Crippen LogP contribution in [0.3, 0.4) is 0 Å². The van der Waals surface area contributed by atoms with Gasteiger partial charge in [0.05, 0.1) is 6.04 Å². The van der Waals surface area contributed by atoms with Crippen molar-refractivity contribution < 1.29 is 9.90 Å². The zero-order chi connectivity index (χ0) is 9.68. The summed E-state index contributed by atoms with van der Waals surface area (Å²) < 4.78 is 0. The Balaban J connectivity index is 2.16. The molecule has 1 aliphatic rings. The van der Waals surface area contributed by atoms with Crippen LogP contribution in [0.4, 0.5) is 0 Å². The minimum atomic E-state index is -0.00843. The highest BCUT2D eigenvalue weighted by Crippen LogP contribution is 2.04. The minimum absolute atomic E-state index is 0.00843. The summed E-state index contributed by atoms with van der Waals surface area (Å²) in [6, 6.07) is -0.00843. The van der Waals surface area contributed by atoms with Crippen LogP contribution >= 0.6 is 0 Å². The molecule has 0 saturated carbocycles. The maximum absolute atomic E-state index is 11.4. The van der Waals surface area contributed by atoms with Gasteiger partial charge in [0.15, 0.2) is 0 Å². The first kappa shape index (κ1) is 10.5. The molecule has 0 aromatic heterocycles. The van der Waals surface area contributed by atoms with Gasteiger partial charge in [-0.05, 0) is 25.3 Å². The van der Waals surface area contributed by atoms with Crippen LogP contribution in [0.1, 0.15) is 19.8 Å². The molecule has 1 amide bonds. The summed E-state index contributed by atoms with van der Waals surface area (Å²) in [5.41, 5.74) is 0. The number of carbonyl (C=O) groups is 1. The van der Waals surface area contributed by atoms with Crippen LogP contribution in [0.5, 0.6) is 0 Å². The summed E-state index contributed by atoms with van der Waals surface area (Å²) in [6.07, 6.45) is 2.01. The Morgan fingerprint density at radius 2 is 2.54 bits per heavy atom. The lowest BCUT2D eigenvalue weighted by atomic mass is 10.2. The molecule has 13 heavy (non-hydrogen) atoms. The van der Waals surface area contributed by atoms with Gasteiger partial charge in [-0.3, -0.25) is 4.79 Å². The van der Waals surface area contributed by atoms with E-state index in [1.54, 1.807) is 0 Å². The predicted molar refractivity (Wildman–Crippen MR) is 50.3 cm³/mol. The zero-order valence-electron chi connectivity index (χ0n) is 8.05. The van der Waals surface area contributed by atoms with Gasteiger partial charge in [-0.25, -0.2) is 0 Å². The second-order valence-electron chi connectivity index (χ2n) is 3.68. The first-order valence-electron chi connectivity index (χ1n) is 4.86. The third-order valence-corrected chi connectivity index (χ3v) is 2.31. The van der Waals surface area contributed by atoms with Gasteiger partial charge in [0.25, 0.3) is 0 Å². The highest BCUT2D eigenvalue weighted by molar-refractivity contribution is 5.81. The van der Waals surface area contributed by atoms with E-state index < -0.39 is 0 Å². The number of hydrogen-bond acceptors (Lipinski definition) is 3. The number of aliphatic hydroxyl groups is 1. The third-order valence-electron chi connectivity index (χ3n) is 2.31. The van der Waals surface area contributed by atoms with Crippen molar-refractivity contribution in [3.8, 4) is 0 Å². The Labute approximate surface area is 78.7 Å². The highest BCUT2D eigenvalue weighted by atomic mass is 16.3. The van der Waals surface area contributed by atoms with Crippen molar-refractivity contribution in [2.45, 2.75) is 25.8 Å². The molecule has 0 spiro atoms. The molecular formula is C9H18N2O2. The molecule has 76 valence electrons. The number of nitrogens with one attached hydrogen (secondary N) is 2. The number of aliphatic hydroxyl groups excluding tert-OH is 1. The Kier molecular flexibility index (Phi) is 4.18. The van der Waals surface area contributed by atoms with Gasteiger partial charge in [-0.15, -0.1) is 0 Å². The van der Waals surface area contributed by atoms with Gasteiger partial charge in [-0.1, -0.05) is 6.92 Å². The van der Waals surface area contributed by atoms with Crippen LogP contribution in [0.15, 0.2) is 0 Å². The fraction of sp³-hybridized carbons (Fsp3) is 0.889. The maximum atomic E-state index is 11.4. The second kappa shape index (κ2) is 5.19. The Morgan fingerprint density at radius 1 is 1.77 bits per heavy atom. The van der Waals surface area contributed by atoms with E-state index in [4.69, 9.17) is 5.11 Å². The lowest BCUT2D eigenvalue weighted by Gasteiger charge is -2.13. The topological polar surface area (TPSA) is 61.4 Å². The van der Waals surface area contributed by atoms with Gasteiger partial charge in [-0.2, -0.15) is 0 Å². The summed E-state index contributed by atoms with van der Waals surface area (Å²) in [6.45, 7) is 3.53. The average Bonchev–Trinajstić information content (AvgIpc) is 2.66. The molecule has 4 nitrogen and oxygen atoms in total. The lowest BCUT2D eigenvalue weighted by Crippen LogP contribution is -2.42. The molecule has 1 heterocycles. The first-order valence-corrected chi connectivity index (χ1v) is 4.86. The van der Waals surface area contributed by atoms with Crippen molar-refractivity contribution in [2.75, 3.05) is 19.7 Å². The van der Waals surface area contributed by atoms with E-state index in [1.165, 1.54) is 0 Å². The van der Waals surface area contributed by atoms with Crippen LogP contribution in [0.2, 0.25) is 0 Å². The van der Waals surface area contributed by atoms with E-state index in [-0.39, 0.29) is 24.5 Å². The van der Waals surface area contributed by atoms with Crippen LogP contribution in [-0.4, -0.2) is 36.8 Å². The first-order chi connectivity index (χ1) is 6.24. The summed E-state index contributed by atoms with van der Waals surface area (Å²) in [7, 11) is 0. The molecule has 3 N–H and O–H groups in total. The van der Waals surface area contributed by atoms with E-state index in [2.05, 4.69) is 10.6 Å². The summed E-state index contributed by atoms with van der Waals surface area (Å²) in [4.78, 5) is 11.4. The maximum Gasteiger partial charge on any atom is 0.237 e. The molecule has 0 aromatic carbocycles. The van der Waals surface area contributed by atoms with Crippen molar-refractivity contribution in [1.82, 2.24) is 10.6 Å². The van der Waals surface area contributed by atoms with Gasteiger partial charge < -0.3 is 15.7 Å². The molecule has 0 radical (unpaired) electrons. The predicted octanol–water partition coefficient (Wildman–Crippen LogP) is -0.517. The van der Waals surface area contributed by atoms with Gasteiger partial charge in [0.2, 0.25) is 5.91 Å². The molecule has 1 unspecified atom stereocenters. The standard InChI is InChI=1S/C9H18N2O2/c1-7(6-12)5-11-9(13)8-3-2-4-10-8/h7-8,10,12H,2-6H2,1H3,(H,11,13)/t7?,8-/m0/s1. The molecule has 0 aliphatic carbocycles. The van der Waals surface area contributed by atoms with Crippen LogP contribution < -0.4 is 10.6 Å². The molecular weight excluding hydrogens is 168 g/mol. The normalized spacial score (nSPS) is 24.3. The van der Waals surface area contributed by atoms with E-state index in [0.29, 0.717) is 6.54 Å². The van der Waals surface area contributed by atoms with Crippen molar-refractivity contribution in [1.29, 1.82) is 0 Å². The van der Waals surface area contributed by atoms with Gasteiger partial charge in [0, 0.05) is 13.2 Å². The van der Waals surface area contributed by atoms with Crippen molar-refractivity contribution in [3.63, 3.8) is 0 Å². The monoisotopic (exact) mass is 186 g/mol. The molecule has 0 aromatic rings. The van der Waals surface area contributed by atoms with Crippen molar-refractivity contribution in [3.05, 3.63) is 0 Å². The van der Waals surface area contributed by atoms with Crippen molar-refractivity contribution >= 4 is 5.91 Å². The molecule has 1 saturated heterocycles. The lowest BCUT2D eigenvalue weighted by molar-refractivity contribution is -0.123. The fourth-order valence-corrected chi connectivity index (χ4v) is 1.37. The fourth-order valence-electron chi connectivity index (χ4n) is 1.37. The zero-order valence-corrected chi connectivity index (χ0v) is 8.05. The number of hydrogen-bond donors (Lipinski definition) is 3. The van der Waals surface area contributed by atoms with Crippen LogP contribution in [-0.2, 0) is 4.79 Å². The number of carbonyl (C=O) groups excluding carboxylic acids is 1. The van der Waals surface area contributed by atoms with Crippen LogP contribution in [0.25, 0.3) is 0 Å². The Hall–Kier alpha value is -0.610. The molecule has 2 atom stereocenters. The summed E-state index contributed by atoms with van der Waals surface area (Å²) in [5.74, 6) is 0.211. The van der Waals surface area contributed by atoms with E-state index >= 15 is 0 Å². The largest absolute Gasteiger partial charge is 0.396 e. The average molecular weight is 186 g/mol. The summed E-state index contributed by atoms with van der Waals surface area (Å²) >= 11 is 0. The smallest absolute Gasteiger partial charge is 0.237 e. The van der Waals surface area contributed by atoms with Gasteiger partial charge >= 0.3 is 0 Å². The van der Waals surface area contributed by atoms with E-state index in [0.717, 1.165) is 19.4 Å². The molecule has 1 rings (SSSR count). The molecule has 1 aliphatic heterocycles. The molecule has 4 heteroatoms.